The number of aliphatic hydroxyl groups is 1. The lowest BCUT2D eigenvalue weighted by atomic mass is 10.1. The van der Waals surface area contributed by atoms with Crippen molar-refractivity contribution < 1.29 is 5.11 Å². The molecule has 0 fully saturated rings. The molecule has 4 rings (SSSR count). The van der Waals surface area contributed by atoms with E-state index in [1.165, 1.54) is 16.2 Å². The van der Waals surface area contributed by atoms with E-state index >= 15 is 0 Å². The summed E-state index contributed by atoms with van der Waals surface area (Å²) in [5.74, 6) is 0. The molecule has 0 saturated carbocycles. The number of nitrogens with zero attached hydrogens (tertiary/aromatic N) is 3. The number of anilines is 1. The van der Waals surface area contributed by atoms with Crippen LogP contribution in [0.1, 0.15) is 10.4 Å². The van der Waals surface area contributed by atoms with Crippen LogP contribution in [0.4, 0.5) is 5.13 Å². The maximum absolute atomic E-state index is 9.10. The van der Waals surface area contributed by atoms with Gasteiger partial charge in [-0.1, -0.05) is 41.7 Å². The zero-order chi connectivity index (χ0) is 15.6. The van der Waals surface area contributed by atoms with Crippen molar-refractivity contribution in [2.75, 3.05) is 5.32 Å². The number of aliphatic hydroxyl groups excluding tert-OH is 1. The molecule has 4 aromatic rings. The van der Waals surface area contributed by atoms with Crippen LogP contribution in [-0.4, -0.2) is 19.7 Å². The third-order valence-corrected chi connectivity index (χ3v) is 5.23. The molecule has 0 aliphatic heterocycles. The van der Waals surface area contributed by atoms with Crippen LogP contribution in [-0.2, 0) is 13.2 Å². The molecule has 7 heteroatoms. The molecule has 2 N–H and O–H groups in total. The van der Waals surface area contributed by atoms with Crippen LogP contribution in [0, 0.1) is 0 Å². The van der Waals surface area contributed by atoms with Crippen LogP contribution in [0.3, 0.4) is 0 Å². The molecule has 0 unspecified atom stereocenters. The summed E-state index contributed by atoms with van der Waals surface area (Å²) in [6, 6.07) is 11.9. The molecule has 1 aromatic carbocycles. The van der Waals surface area contributed by atoms with Gasteiger partial charge in [-0.2, -0.15) is 0 Å². The Balaban J connectivity index is 1.53. The first-order chi connectivity index (χ1) is 11.3. The van der Waals surface area contributed by atoms with Gasteiger partial charge in [0.2, 0.25) is 10.1 Å². The number of aromatic nitrogens is 3. The normalized spacial score (nSPS) is 11.2. The van der Waals surface area contributed by atoms with Crippen molar-refractivity contribution in [3.05, 3.63) is 58.4 Å². The summed E-state index contributed by atoms with van der Waals surface area (Å²) < 4.78 is 1.80. The van der Waals surface area contributed by atoms with Crippen molar-refractivity contribution in [3.63, 3.8) is 0 Å². The van der Waals surface area contributed by atoms with Gasteiger partial charge in [0.05, 0.1) is 25.0 Å². The van der Waals surface area contributed by atoms with Crippen LogP contribution in [0.15, 0.2) is 48.0 Å². The van der Waals surface area contributed by atoms with Gasteiger partial charge in [-0.25, -0.2) is 9.50 Å². The standard InChI is InChI=1S/C16H14N4OS2/c21-10-11-3-5-12(6-4-11)14-9-20-16(18-14)23-15(19-20)17-8-13-2-1-7-22-13/h1-7,9,21H,8,10H2,(H,17,19). The molecular weight excluding hydrogens is 328 g/mol. The van der Waals surface area contributed by atoms with Gasteiger partial charge in [-0.3, -0.25) is 0 Å². The van der Waals surface area contributed by atoms with E-state index in [-0.39, 0.29) is 6.61 Å². The van der Waals surface area contributed by atoms with E-state index in [0.29, 0.717) is 0 Å². The molecule has 3 aromatic heterocycles. The fourth-order valence-corrected chi connectivity index (χ4v) is 3.69. The molecule has 0 radical (unpaired) electrons. The number of hydrogen-bond acceptors (Lipinski definition) is 6. The number of hydrogen-bond donors (Lipinski definition) is 2. The molecule has 0 bridgehead atoms. The zero-order valence-corrected chi connectivity index (χ0v) is 13.8. The Morgan fingerprint density at radius 2 is 2.04 bits per heavy atom. The minimum Gasteiger partial charge on any atom is -0.392 e. The van der Waals surface area contributed by atoms with Crippen LogP contribution in [0.2, 0.25) is 0 Å². The highest BCUT2D eigenvalue weighted by Crippen LogP contribution is 2.25. The van der Waals surface area contributed by atoms with Crippen molar-refractivity contribution >= 4 is 32.8 Å². The quantitative estimate of drug-likeness (QED) is 0.581. The summed E-state index contributed by atoms with van der Waals surface area (Å²) in [6.45, 7) is 0.837. The first kappa shape index (κ1) is 14.4. The molecule has 23 heavy (non-hydrogen) atoms. The Morgan fingerprint density at radius 1 is 1.17 bits per heavy atom. The Bertz CT molecular complexity index is 878. The van der Waals surface area contributed by atoms with Crippen molar-refractivity contribution in [1.82, 2.24) is 14.6 Å². The molecular formula is C16H14N4OS2. The molecule has 5 nitrogen and oxygen atoms in total. The third kappa shape index (κ3) is 2.98. The minimum atomic E-state index is 0.0549. The second-order valence-electron chi connectivity index (χ2n) is 5.05. The smallest absolute Gasteiger partial charge is 0.214 e. The highest BCUT2D eigenvalue weighted by Gasteiger charge is 2.09. The summed E-state index contributed by atoms with van der Waals surface area (Å²) in [6.07, 6.45) is 1.93. The molecule has 0 atom stereocenters. The predicted octanol–water partition coefficient (Wildman–Crippen LogP) is 3.62. The largest absolute Gasteiger partial charge is 0.392 e. The minimum absolute atomic E-state index is 0.0549. The average molecular weight is 342 g/mol. The first-order valence-electron chi connectivity index (χ1n) is 7.14. The third-order valence-electron chi connectivity index (χ3n) is 3.47. The van der Waals surface area contributed by atoms with Crippen LogP contribution < -0.4 is 5.32 Å². The van der Waals surface area contributed by atoms with Crippen molar-refractivity contribution in [2.24, 2.45) is 0 Å². The maximum atomic E-state index is 9.10. The Labute approximate surface area is 140 Å². The van der Waals surface area contributed by atoms with E-state index in [9.17, 15) is 0 Å². The zero-order valence-electron chi connectivity index (χ0n) is 12.1. The highest BCUT2D eigenvalue weighted by atomic mass is 32.1. The summed E-state index contributed by atoms with van der Waals surface area (Å²) in [5, 5.41) is 19.9. The summed E-state index contributed by atoms with van der Waals surface area (Å²) in [7, 11) is 0. The Kier molecular flexibility index (Phi) is 3.82. The number of rotatable bonds is 5. The average Bonchev–Trinajstić information content (AvgIpc) is 3.29. The van der Waals surface area contributed by atoms with Gasteiger partial charge in [0, 0.05) is 10.4 Å². The molecule has 0 saturated heterocycles. The van der Waals surface area contributed by atoms with E-state index in [0.717, 1.165) is 33.5 Å². The number of fused-ring (bicyclic) bond motifs is 1. The van der Waals surface area contributed by atoms with Crippen molar-refractivity contribution in [3.8, 4) is 11.3 Å². The topological polar surface area (TPSA) is 62.5 Å². The van der Waals surface area contributed by atoms with E-state index in [1.54, 1.807) is 15.9 Å². The number of thiophene rings is 1. The van der Waals surface area contributed by atoms with Crippen LogP contribution in [0.5, 0.6) is 0 Å². The van der Waals surface area contributed by atoms with E-state index in [4.69, 9.17) is 5.11 Å². The second-order valence-corrected chi connectivity index (χ2v) is 7.04. The predicted molar refractivity (Wildman–Crippen MR) is 93.9 cm³/mol. The molecule has 0 aliphatic rings. The van der Waals surface area contributed by atoms with Gasteiger partial charge < -0.3 is 10.4 Å². The fraction of sp³-hybridized carbons (Fsp3) is 0.125. The highest BCUT2D eigenvalue weighted by molar-refractivity contribution is 7.20. The van der Waals surface area contributed by atoms with Crippen molar-refractivity contribution in [1.29, 1.82) is 0 Å². The fourth-order valence-electron chi connectivity index (χ4n) is 2.27. The van der Waals surface area contributed by atoms with E-state index in [2.05, 4.69) is 26.8 Å². The van der Waals surface area contributed by atoms with Gasteiger partial charge in [0.1, 0.15) is 0 Å². The Morgan fingerprint density at radius 3 is 2.74 bits per heavy atom. The van der Waals surface area contributed by atoms with Gasteiger partial charge in [-0.15, -0.1) is 16.4 Å². The number of nitrogens with one attached hydrogen (secondary N) is 1. The summed E-state index contributed by atoms with van der Waals surface area (Å²) >= 11 is 3.26. The summed E-state index contributed by atoms with van der Waals surface area (Å²) in [4.78, 5) is 6.76. The SMILES string of the molecule is OCc1ccc(-c2cn3nc(NCc4cccs4)sc3n2)cc1. The van der Waals surface area contributed by atoms with E-state index in [1.807, 2.05) is 36.5 Å². The molecule has 0 spiro atoms. The van der Waals surface area contributed by atoms with Gasteiger partial charge in [-0.05, 0) is 17.0 Å². The molecule has 0 amide bonds. The van der Waals surface area contributed by atoms with Crippen LogP contribution >= 0.6 is 22.7 Å². The van der Waals surface area contributed by atoms with Gasteiger partial charge in [0.25, 0.3) is 0 Å². The number of imidazole rings is 1. The van der Waals surface area contributed by atoms with E-state index < -0.39 is 0 Å². The van der Waals surface area contributed by atoms with Gasteiger partial charge in [0.15, 0.2) is 0 Å². The van der Waals surface area contributed by atoms with Gasteiger partial charge >= 0.3 is 0 Å². The molecule has 3 heterocycles. The second kappa shape index (κ2) is 6.11. The van der Waals surface area contributed by atoms with Crippen molar-refractivity contribution in [2.45, 2.75) is 13.2 Å². The Hall–Kier alpha value is -2.22. The molecule has 116 valence electrons. The first-order valence-corrected chi connectivity index (χ1v) is 8.84. The number of benzene rings is 1. The lowest BCUT2D eigenvalue weighted by molar-refractivity contribution is 0.282. The molecule has 0 aliphatic carbocycles. The lowest BCUT2D eigenvalue weighted by Gasteiger charge is -1.99. The maximum Gasteiger partial charge on any atom is 0.214 e. The van der Waals surface area contributed by atoms with Crippen LogP contribution in [0.25, 0.3) is 16.2 Å². The lowest BCUT2D eigenvalue weighted by Crippen LogP contribution is -1.97. The summed E-state index contributed by atoms with van der Waals surface area (Å²) in [5.41, 5.74) is 2.80. The monoisotopic (exact) mass is 342 g/mol.